The quantitative estimate of drug-likeness (QED) is 0.689. The van der Waals surface area contributed by atoms with Gasteiger partial charge in [-0.05, 0) is 18.6 Å². The number of carbonyl (C=O) groups excluding carboxylic acids is 1. The van der Waals surface area contributed by atoms with E-state index in [0.717, 1.165) is 22.2 Å². The molecule has 2 aromatic carbocycles. The van der Waals surface area contributed by atoms with Gasteiger partial charge in [-0.25, -0.2) is 9.97 Å². The van der Waals surface area contributed by atoms with Crippen LogP contribution in [-0.4, -0.2) is 23.0 Å². The number of para-hydroxylation sites is 1. The van der Waals surface area contributed by atoms with Crippen LogP contribution in [0.15, 0.2) is 54.6 Å². The first-order chi connectivity index (χ1) is 12.6. The van der Waals surface area contributed by atoms with Gasteiger partial charge in [0, 0.05) is 17.1 Å². The second-order valence-electron chi connectivity index (χ2n) is 6.32. The van der Waals surface area contributed by atoms with Crippen LogP contribution in [0, 0.1) is 12.8 Å². The lowest BCUT2D eigenvalue weighted by Gasteiger charge is -2.24. The highest BCUT2D eigenvalue weighted by atomic mass is 16.5. The number of methoxy groups -OCH3 is 1. The number of nitrogens with zero attached hydrogens (tertiary/aromatic N) is 2. The molecule has 1 aromatic heterocycles. The highest BCUT2D eigenvalue weighted by Crippen LogP contribution is 2.23. The van der Waals surface area contributed by atoms with Crippen LogP contribution in [0.2, 0.25) is 0 Å². The third kappa shape index (κ3) is 3.89. The standard InChI is InChI=1S/C21H23N3O2/c1-14(21(25)26-3)20(16-9-5-4-6-10-16)22-13-19-23-15(2)17-11-7-8-12-18(17)24-19/h4-12,14,20,22H,13H2,1-3H3. The Morgan fingerprint density at radius 2 is 1.77 bits per heavy atom. The number of benzene rings is 2. The molecule has 2 atom stereocenters. The van der Waals surface area contributed by atoms with Crippen molar-refractivity contribution in [2.45, 2.75) is 26.4 Å². The first-order valence-corrected chi connectivity index (χ1v) is 8.68. The van der Waals surface area contributed by atoms with E-state index in [0.29, 0.717) is 12.4 Å². The number of nitrogens with one attached hydrogen (secondary N) is 1. The first kappa shape index (κ1) is 18.0. The van der Waals surface area contributed by atoms with E-state index in [1.54, 1.807) is 0 Å². The number of hydrogen-bond donors (Lipinski definition) is 1. The number of hydrogen-bond acceptors (Lipinski definition) is 5. The predicted octanol–water partition coefficient (Wildman–Crippen LogP) is 3.58. The predicted molar refractivity (Wildman–Crippen MR) is 101 cm³/mol. The maximum absolute atomic E-state index is 12.1. The number of esters is 1. The molecule has 1 N–H and O–H groups in total. The Morgan fingerprint density at radius 1 is 1.08 bits per heavy atom. The fourth-order valence-electron chi connectivity index (χ4n) is 3.14. The molecule has 0 aliphatic carbocycles. The summed E-state index contributed by atoms with van der Waals surface area (Å²) in [5, 5.41) is 4.49. The molecule has 1 heterocycles. The van der Waals surface area contributed by atoms with Crippen LogP contribution < -0.4 is 5.32 Å². The Labute approximate surface area is 153 Å². The van der Waals surface area contributed by atoms with Crippen molar-refractivity contribution in [2.75, 3.05) is 7.11 Å². The molecule has 0 saturated heterocycles. The summed E-state index contributed by atoms with van der Waals surface area (Å²) in [7, 11) is 1.41. The first-order valence-electron chi connectivity index (χ1n) is 8.68. The van der Waals surface area contributed by atoms with E-state index in [4.69, 9.17) is 4.74 Å². The van der Waals surface area contributed by atoms with Gasteiger partial charge in [0.25, 0.3) is 0 Å². The smallest absolute Gasteiger partial charge is 0.310 e. The largest absolute Gasteiger partial charge is 0.469 e. The SMILES string of the molecule is COC(=O)C(C)C(NCc1nc(C)c2ccccc2n1)c1ccccc1. The van der Waals surface area contributed by atoms with Crippen molar-refractivity contribution in [2.24, 2.45) is 5.92 Å². The molecule has 2 unspecified atom stereocenters. The average molecular weight is 349 g/mol. The van der Waals surface area contributed by atoms with Crippen LogP contribution >= 0.6 is 0 Å². The average Bonchev–Trinajstić information content (AvgIpc) is 2.68. The fourth-order valence-corrected chi connectivity index (χ4v) is 3.14. The van der Waals surface area contributed by atoms with Gasteiger partial charge in [0.1, 0.15) is 5.82 Å². The van der Waals surface area contributed by atoms with Gasteiger partial charge in [0.15, 0.2) is 0 Å². The monoisotopic (exact) mass is 349 g/mol. The molecular weight excluding hydrogens is 326 g/mol. The van der Waals surface area contributed by atoms with E-state index < -0.39 is 0 Å². The van der Waals surface area contributed by atoms with Crippen molar-refractivity contribution in [1.29, 1.82) is 0 Å². The van der Waals surface area contributed by atoms with Crippen LogP contribution in [-0.2, 0) is 16.1 Å². The second kappa shape index (κ2) is 8.06. The van der Waals surface area contributed by atoms with Crippen molar-refractivity contribution < 1.29 is 9.53 Å². The van der Waals surface area contributed by atoms with Gasteiger partial charge in [-0.2, -0.15) is 0 Å². The molecule has 3 aromatic rings. The van der Waals surface area contributed by atoms with E-state index >= 15 is 0 Å². The number of rotatable bonds is 6. The summed E-state index contributed by atoms with van der Waals surface area (Å²) >= 11 is 0. The maximum atomic E-state index is 12.1. The summed E-state index contributed by atoms with van der Waals surface area (Å²) in [6.45, 7) is 4.31. The van der Waals surface area contributed by atoms with Gasteiger partial charge < -0.3 is 10.1 Å². The van der Waals surface area contributed by atoms with Crippen LogP contribution in [0.4, 0.5) is 0 Å². The molecule has 0 saturated carbocycles. The zero-order valence-electron chi connectivity index (χ0n) is 15.3. The molecule has 26 heavy (non-hydrogen) atoms. The van der Waals surface area contributed by atoms with Gasteiger partial charge >= 0.3 is 5.97 Å². The van der Waals surface area contributed by atoms with Gasteiger partial charge in [0.2, 0.25) is 0 Å². The van der Waals surface area contributed by atoms with Crippen LogP contribution in [0.25, 0.3) is 10.9 Å². The van der Waals surface area contributed by atoms with Gasteiger partial charge in [0.05, 0.1) is 25.1 Å². The van der Waals surface area contributed by atoms with Crippen molar-refractivity contribution in [3.05, 3.63) is 71.7 Å². The summed E-state index contributed by atoms with van der Waals surface area (Å²) in [4.78, 5) is 21.3. The van der Waals surface area contributed by atoms with E-state index in [1.165, 1.54) is 7.11 Å². The van der Waals surface area contributed by atoms with E-state index in [-0.39, 0.29) is 17.9 Å². The summed E-state index contributed by atoms with van der Waals surface area (Å²) in [5.74, 6) is 0.130. The Kier molecular flexibility index (Phi) is 5.58. The summed E-state index contributed by atoms with van der Waals surface area (Å²) in [5.41, 5.74) is 2.90. The molecule has 0 bridgehead atoms. The van der Waals surface area contributed by atoms with Crippen LogP contribution in [0.5, 0.6) is 0 Å². The highest BCUT2D eigenvalue weighted by Gasteiger charge is 2.26. The van der Waals surface area contributed by atoms with E-state index in [2.05, 4.69) is 15.3 Å². The summed E-state index contributed by atoms with van der Waals surface area (Å²) < 4.78 is 4.93. The van der Waals surface area contributed by atoms with Crippen molar-refractivity contribution >= 4 is 16.9 Å². The molecule has 0 aliphatic rings. The second-order valence-corrected chi connectivity index (χ2v) is 6.32. The minimum absolute atomic E-state index is 0.181. The minimum atomic E-state index is -0.330. The lowest BCUT2D eigenvalue weighted by Crippen LogP contribution is -2.32. The number of aromatic nitrogens is 2. The number of fused-ring (bicyclic) bond motifs is 1. The fraction of sp³-hybridized carbons (Fsp3) is 0.286. The molecule has 0 aliphatic heterocycles. The van der Waals surface area contributed by atoms with Crippen molar-refractivity contribution in [1.82, 2.24) is 15.3 Å². The van der Waals surface area contributed by atoms with E-state index in [1.807, 2.05) is 68.4 Å². The zero-order valence-corrected chi connectivity index (χ0v) is 15.3. The number of aryl methyl sites for hydroxylation is 1. The molecular formula is C21H23N3O2. The van der Waals surface area contributed by atoms with Gasteiger partial charge in [-0.1, -0.05) is 55.5 Å². The maximum Gasteiger partial charge on any atom is 0.310 e. The minimum Gasteiger partial charge on any atom is -0.469 e. The third-order valence-electron chi connectivity index (χ3n) is 4.55. The molecule has 0 amide bonds. The molecule has 134 valence electrons. The normalized spacial score (nSPS) is 13.3. The Balaban J connectivity index is 1.85. The van der Waals surface area contributed by atoms with Crippen LogP contribution in [0.3, 0.4) is 0 Å². The lowest BCUT2D eigenvalue weighted by molar-refractivity contribution is -0.146. The molecule has 3 rings (SSSR count). The molecule has 5 nitrogen and oxygen atoms in total. The molecule has 0 radical (unpaired) electrons. The Morgan fingerprint density at radius 3 is 2.50 bits per heavy atom. The molecule has 5 heteroatoms. The van der Waals surface area contributed by atoms with Crippen LogP contribution in [0.1, 0.15) is 30.0 Å². The highest BCUT2D eigenvalue weighted by molar-refractivity contribution is 5.80. The Bertz CT molecular complexity index is 896. The molecule has 0 spiro atoms. The zero-order chi connectivity index (χ0) is 18.5. The third-order valence-corrected chi connectivity index (χ3v) is 4.55. The van der Waals surface area contributed by atoms with E-state index in [9.17, 15) is 4.79 Å². The molecule has 0 fully saturated rings. The summed E-state index contributed by atoms with van der Waals surface area (Å²) in [6, 6.07) is 17.7. The lowest BCUT2D eigenvalue weighted by atomic mass is 9.94. The van der Waals surface area contributed by atoms with Crippen molar-refractivity contribution in [3.8, 4) is 0 Å². The number of carbonyl (C=O) groups is 1. The summed E-state index contributed by atoms with van der Waals surface area (Å²) in [6.07, 6.45) is 0. The topological polar surface area (TPSA) is 64.1 Å². The van der Waals surface area contributed by atoms with Gasteiger partial charge in [-0.3, -0.25) is 4.79 Å². The van der Waals surface area contributed by atoms with Gasteiger partial charge in [-0.15, -0.1) is 0 Å². The van der Waals surface area contributed by atoms with Crippen molar-refractivity contribution in [3.63, 3.8) is 0 Å². The number of ether oxygens (including phenoxy) is 1. The Hall–Kier alpha value is -2.79.